The van der Waals surface area contributed by atoms with Crippen LogP contribution in [-0.2, 0) is 16.8 Å². The number of para-hydroxylation sites is 1. The lowest BCUT2D eigenvalue weighted by Gasteiger charge is -2.26. The van der Waals surface area contributed by atoms with E-state index < -0.39 is 10.4 Å². The monoisotopic (exact) mass is 432 g/mol. The minimum atomic E-state index is -4.92. The van der Waals surface area contributed by atoms with E-state index in [1.54, 1.807) is 0 Å². The van der Waals surface area contributed by atoms with Gasteiger partial charge in [-0.2, -0.15) is 0 Å². The lowest BCUT2D eigenvalue weighted by molar-refractivity contribution is 0.366. The number of benzene rings is 1. The zero-order valence-corrected chi connectivity index (χ0v) is 20.0. The Labute approximate surface area is 179 Å². The first-order valence-electron chi connectivity index (χ1n) is 10.7. The molecular formula is C22H44N2O4S. The molecule has 0 heterocycles. The molecule has 0 saturated heterocycles. The predicted molar refractivity (Wildman–Crippen MR) is 124 cm³/mol. The molecule has 0 aromatic heterocycles. The van der Waals surface area contributed by atoms with Gasteiger partial charge < -0.3 is 10.3 Å². The van der Waals surface area contributed by atoms with Crippen molar-refractivity contribution < 1.29 is 17.5 Å². The second-order valence-electron chi connectivity index (χ2n) is 8.00. The zero-order chi connectivity index (χ0) is 22.8. The van der Waals surface area contributed by atoms with Gasteiger partial charge in [0.1, 0.15) is 5.69 Å². The quantitative estimate of drug-likeness (QED) is 0.211. The summed E-state index contributed by atoms with van der Waals surface area (Å²) in [5.41, 5.74) is 7.51. The van der Waals surface area contributed by atoms with E-state index in [4.69, 9.17) is 17.5 Å². The van der Waals surface area contributed by atoms with Gasteiger partial charge in [0, 0.05) is 5.56 Å². The van der Waals surface area contributed by atoms with Crippen LogP contribution in [0, 0.1) is 0 Å². The fourth-order valence-corrected chi connectivity index (χ4v) is 3.18. The van der Waals surface area contributed by atoms with E-state index in [9.17, 15) is 0 Å². The van der Waals surface area contributed by atoms with Crippen LogP contribution in [0.15, 0.2) is 24.3 Å². The van der Waals surface area contributed by atoms with Crippen LogP contribution < -0.4 is 10.2 Å². The number of hydrogen-bond donors (Lipinski definition) is 2. The van der Waals surface area contributed by atoms with Gasteiger partial charge in [0.05, 0.1) is 21.1 Å². The number of nitrogens with two attached hydrogens (primary N) is 1. The predicted octanol–water partition coefficient (Wildman–Crippen LogP) is 4.93. The SMILES string of the molecule is CCCCCCCCCCCCc1ccccc1[N+](C)(C)C.CN.O=S(=O)([O-])O. The molecule has 6 nitrogen and oxygen atoms in total. The van der Waals surface area contributed by atoms with Crippen LogP contribution in [0.2, 0.25) is 0 Å². The molecule has 0 aliphatic rings. The second kappa shape index (κ2) is 17.8. The molecule has 0 spiro atoms. The molecule has 0 amide bonds. The number of aryl methyl sites for hydroxylation is 1. The first-order chi connectivity index (χ1) is 13.6. The minimum Gasteiger partial charge on any atom is -0.726 e. The highest BCUT2D eigenvalue weighted by atomic mass is 32.3. The fourth-order valence-electron chi connectivity index (χ4n) is 3.18. The van der Waals surface area contributed by atoms with Gasteiger partial charge in [0.25, 0.3) is 0 Å². The van der Waals surface area contributed by atoms with Crippen LogP contribution in [0.3, 0.4) is 0 Å². The average molecular weight is 433 g/mol. The summed E-state index contributed by atoms with van der Waals surface area (Å²) >= 11 is 0. The number of hydrogen-bond acceptors (Lipinski definition) is 4. The molecule has 0 atom stereocenters. The van der Waals surface area contributed by atoms with Crippen LogP contribution >= 0.6 is 0 Å². The second-order valence-corrected chi connectivity index (χ2v) is 8.86. The molecule has 3 N–H and O–H groups in total. The lowest BCUT2D eigenvalue weighted by Crippen LogP contribution is -2.35. The first-order valence-corrected chi connectivity index (χ1v) is 12.1. The summed E-state index contributed by atoms with van der Waals surface area (Å²) in [5, 5.41) is 0. The van der Waals surface area contributed by atoms with E-state index in [0.29, 0.717) is 0 Å². The molecule has 0 aliphatic heterocycles. The van der Waals surface area contributed by atoms with Crippen molar-refractivity contribution >= 4 is 16.1 Å². The number of rotatable bonds is 12. The maximum atomic E-state index is 8.63. The Bertz CT molecular complexity index is 591. The summed E-state index contributed by atoms with van der Waals surface area (Å²) in [5.74, 6) is 0. The Kier molecular flexibility index (Phi) is 18.6. The maximum Gasteiger partial charge on any atom is 0.215 e. The van der Waals surface area contributed by atoms with Gasteiger partial charge in [-0.15, -0.1) is 0 Å². The highest BCUT2D eigenvalue weighted by molar-refractivity contribution is 7.79. The van der Waals surface area contributed by atoms with Gasteiger partial charge in [-0.25, -0.2) is 8.42 Å². The summed E-state index contributed by atoms with van der Waals surface area (Å²) in [4.78, 5) is 0. The van der Waals surface area contributed by atoms with E-state index in [-0.39, 0.29) is 0 Å². The van der Waals surface area contributed by atoms with E-state index in [1.807, 2.05) is 0 Å². The molecule has 0 saturated carbocycles. The maximum absolute atomic E-state index is 8.63. The highest BCUT2D eigenvalue weighted by Gasteiger charge is 2.16. The number of quaternary nitrogens is 1. The van der Waals surface area contributed by atoms with E-state index in [2.05, 4.69) is 58.1 Å². The van der Waals surface area contributed by atoms with Crippen molar-refractivity contribution in [1.29, 1.82) is 0 Å². The Morgan fingerprint density at radius 3 is 1.66 bits per heavy atom. The van der Waals surface area contributed by atoms with Crippen molar-refractivity contribution in [3.05, 3.63) is 29.8 Å². The van der Waals surface area contributed by atoms with E-state index in [1.165, 1.54) is 88.9 Å². The van der Waals surface area contributed by atoms with Crippen LogP contribution in [0.25, 0.3) is 0 Å². The van der Waals surface area contributed by atoms with Crippen molar-refractivity contribution in [2.45, 2.75) is 77.6 Å². The highest BCUT2D eigenvalue weighted by Crippen LogP contribution is 2.24. The summed E-state index contributed by atoms with van der Waals surface area (Å²) in [6.45, 7) is 2.29. The Balaban J connectivity index is 0. The van der Waals surface area contributed by atoms with Crippen LogP contribution in [0.1, 0.15) is 76.7 Å². The van der Waals surface area contributed by atoms with Crippen LogP contribution in [0.5, 0.6) is 0 Å². The molecule has 1 aromatic carbocycles. The fraction of sp³-hybridized carbons (Fsp3) is 0.727. The third kappa shape index (κ3) is 21.5. The Morgan fingerprint density at radius 1 is 0.862 bits per heavy atom. The smallest absolute Gasteiger partial charge is 0.215 e. The number of nitrogens with zero attached hydrogens (tertiary/aromatic N) is 1. The van der Waals surface area contributed by atoms with Gasteiger partial charge in [0.15, 0.2) is 0 Å². The molecule has 0 bridgehead atoms. The van der Waals surface area contributed by atoms with Crippen molar-refractivity contribution in [2.24, 2.45) is 5.73 Å². The topological polar surface area (TPSA) is 103 Å². The van der Waals surface area contributed by atoms with Gasteiger partial charge in [0.2, 0.25) is 10.4 Å². The zero-order valence-electron chi connectivity index (χ0n) is 19.2. The molecule has 0 aliphatic carbocycles. The summed E-state index contributed by atoms with van der Waals surface area (Å²) in [6.07, 6.45) is 15.4. The molecule has 0 radical (unpaired) electrons. The summed E-state index contributed by atoms with van der Waals surface area (Å²) in [7, 11) is 3.37. The molecule has 7 heteroatoms. The average Bonchev–Trinajstić information content (AvgIpc) is 2.63. The molecule has 172 valence electrons. The van der Waals surface area contributed by atoms with E-state index in [0.717, 1.165) is 4.48 Å². The lowest BCUT2D eigenvalue weighted by atomic mass is 10.0. The normalized spacial score (nSPS) is 11.2. The van der Waals surface area contributed by atoms with Crippen LogP contribution in [0.4, 0.5) is 5.69 Å². The van der Waals surface area contributed by atoms with Crippen molar-refractivity contribution in [1.82, 2.24) is 4.48 Å². The third-order valence-electron chi connectivity index (χ3n) is 4.51. The molecule has 1 aromatic rings. The molecule has 1 rings (SSSR count). The standard InChI is InChI=1S/C21H38N.CH5N.H2O4S/c1-5-6-7-8-9-10-11-12-13-14-17-20-18-15-16-19-21(20)22(2,3)4;1-2;1-5(2,3)4/h15-16,18-19H,5-14,17H2,1-4H3;2H2,1H3;(H2,1,2,3,4)/q+1;;/p-1. The largest absolute Gasteiger partial charge is 0.726 e. The van der Waals surface area contributed by atoms with Crippen molar-refractivity contribution in [3.63, 3.8) is 0 Å². The minimum absolute atomic E-state index is 0.925. The Morgan fingerprint density at radius 2 is 1.24 bits per heavy atom. The third-order valence-corrected chi connectivity index (χ3v) is 4.51. The van der Waals surface area contributed by atoms with Gasteiger partial charge in [-0.3, -0.25) is 9.04 Å². The first kappa shape index (κ1) is 30.2. The van der Waals surface area contributed by atoms with Gasteiger partial charge >= 0.3 is 0 Å². The molecule has 29 heavy (non-hydrogen) atoms. The van der Waals surface area contributed by atoms with Gasteiger partial charge in [-0.1, -0.05) is 82.9 Å². The summed E-state index contributed by atoms with van der Waals surface area (Å²) in [6, 6.07) is 8.95. The van der Waals surface area contributed by atoms with Crippen molar-refractivity contribution in [3.8, 4) is 0 Å². The summed E-state index contributed by atoms with van der Waals surface area (Å²) < 4.78 is 33.8. The van der Waals surface area contributed by atoms with Crippen LogP contribution in [-0.4, -0.2) is 45.7 Å². The number of unbranched alkanes of at least 4 members (excludes halogenated alkanes) is 9. The van der Waals surface area contributed by atoms with E-state index >= 15 is 0 Å². The molecule has 0 fully saturated rings. The van der Waals surface area contributed by atoms with Crippen molar-refractivity contribution in [2.75, 3.05) is 28.2 Å². The molecule has 0 unspecified atom stereocenters. The molecular weight excluding hydrogens is 388 g/mol. The Hall–Kier alpha value is -0.990. The van der Waals surface area contributed by atoms with Gasteiger partial charge in [-0.05, 0) is 26.0 Å².